The average Bonchev–Trinajstić information content (AvgIpc) is 2.35. The molecule has 0 radical (unpaired) electrons. The van der Waals surface area contributed by atoms with E-state index in [1.165, 1.54) is 19.2 Å². The molecule has 6 nitrogen and oxygen atoms in total. The minimum absolute atomic E-state index is 0.0267. The summed E-state index contributed by atoms with van der Waals surface area (Å²) in [5, 5.41) is 20.8. The topological polar surface area (TPSA) is 98.6 Å². The highest BCUT2D eigenvalue weighted by Gasteiger charge is 2.23. The Morgan fingerprint density at radius 2 is 2.06 bits per heavy atom. The summed E-state index contributed by atoms with van der Waals surface area (Å²) in [5.74, 6) is 0.149. The summed E-state index contributed by atoms with van der Waals surface area (Å²) in [6.45, 7) is 3.67. The van der Waals surface area contributed by atoms with E-state index in [9.17, 15) is 15.2 Å². The number of aliphatic hydroxyl groups is 1. The number of benzene rings is 1. The van der Waals surface area contributed by atoms with Crippen molar-refractivity contribution in [1.82, 2.24) is 0 Å². The third kappa shape index (κ3) is 2.96. The molecule has 0 aromatic heterocycles. The second-order valence-electron chi connectivity index (χ2n) is 4.45. The Bertz CT molecular complexity index is 434. The molecule has 0 amide bonds. The summed E-state index contributed by atoms with van der Waals surface area (Å²) in [4.78, 5) is 10.4. The van der Waals surface area contributed by atoms with Crippen molar-refractivity contribution in [1.29, 1.82) is 0 Å². The van der Waals surface area contributed by atoms with E-state index in [2.05, 4.69) is 0 Å². The van der Waals surface area contributed by atoms with Gasteiger partial charge in [-0.3, -0.25) is 10.1 Å². The van der Waals surface area contributed by atoms with E-state index in [1.54, 1.807) is 6.07 Å². The fraction of sp³-hybridized carbons (Fsp3) is 0.500. The van der Waals surface area contributed by atoms with Crippen LogP contribution in [0.3, 0.4) is 0 Å². The molecule has 0 unspecified atom stereocenters. The maximum Gasteiger partial charge on any atom is 0.311 e. The number of hydrogen-bond acceptors (Lipinski definition) is 5. The minimum Gasteiger partial charge on any atom is -0.490 e. The van der Waals surface area contributed by atoms with Crippen LogP contribution >= 0.6 is 0 Å². The lowest BCUT2D eigenvalue weighted by molar-refractivity contribution is -0.385. The van der Waals surface area contributed by atoms with Gasteiger partial charge in [0.1, 0.15) is 0 Å². The second kappa shape index (κ2) is 5.79. The van der Waals surface area contributed by atoms with E-state index < -0.39 is 17.1 Å². The van der Waals surface area contributed by atoms with Gasteiger partial charge in [-0.05, 0) is 17.5 Å². The highest BCUT2D eigenvalue weighted by atomic mass is 16.6. The predicted molar refractivity (Wildman–Crippen MR) is 67.4 cm³/mol. The molecule has 18 heavy (non-hydrogen) atoms. The number of aliphatic hydroxyl groups excluding tert-OH is 1. The van der Waals surface area contributed by atoms with Crippen LogP contribution in [0.1, 0.15) is 25.5 Å². The van der Waals surface area contributed by atoms with Gasteiger partial charge in [-0.15, -0.1) is 0 Å². The van der Waals surface area contributed by atoms with Crippen LogP contribution in [0.15, 0.2) is 18.2 Å². The molecule has 0 heterocycles. The molecule has 0 spiro atoms. The average molecular weight is 254 g/mol. The summed E-state index contributed by atoms with van der Waals surface area (Å²) in [6.07, 6.45) is -0.752. The molecular formula is C12H18N2O4. The molecule has 0 saturated carbocycles. The van der Waals surface area contributed by atoms with Gasteiger partial charge in [0.05, 0.1) is 24.2 Å². The van der Waals surface area contributed by atoms with Gasteiger partial charge in [-0.2, -0.15) is 0 Å². The molecule has 3 N–H and O–H groups in total. The van der Waals surface area contributed by atoms with Crippen LogP contribution in [-0.2, 0) is 0 Å². The number of nitro groups is 1. The molecule has 0 bridgehead atoms. The summed E-state index contributed by atoms with van der Waals surface area (Å²) < 4.78 is 4.90. The normalized spacial score (nSPS) is 14.3. The number of nitrogens with zero attached hydrogens (tertiary/aromatic N) is 1. The molecule has 0 aliphatic rings. The molecule has 0 fully saturated rings. The standard InChI is InChI=1S/C12H18N2O4/c1-7(2)12(15)11(13)8-4-5-10(18-3)9(6-8)14(16)17/h4-7,11-12,15H,13H2,1-3H3/t11-,12+/m0/s1. The Labute approximate surface area is 106 Å². The van der Waals surface area contributed by atoms with Gasteiger partial charge in [-0.1, -0.05) is 19.9 Å². The Hall–Kier alpha value is -1.66. The number of nitro benzene ring substituents is 1. The monoisotopic (exact) mass is 254 g/mol. The first-order valence-corrected chi connectivity index (χ1v) is 5.64. The van der Waals surface area contributed by atoms with Crippen LogP contribution in [0.4, 0.5) is 5.69 Å². The molecule has 100 valence electrons. The van der Waals surface area contributed by atoms with Crippen LogP contribution in [0.5, 0.6) is 5.75 Å². The lowest BCUT2D eigenvalue weighted by atomic mass is 9.94. The van der Waals surface area contributed by atoms with Crippen LogP contribution in [0.2, 0.25) is 0 Å². The fourth-order valence-electron chi connectivity index (χ4n) is 1.67. The van der Waals surface area contributed by atoms with Gasteiger partial charge < -0.3 is 15.6 Å². The predicted octanol–water partition coefficient (Wildman–Crippen LogP) is 1.62. The van der Waals surface area contributed by atoms with Gasteiger partial charge in [0.2, 0.25) is 0 Å². The van der Waals surface area contributed by atoms with E-state index in [1.807, 2.05) is 13.8 Å². The molecule has 0 aliphatic heterocycles. The van der Waals surface area contributed by atoms with Gasteiger partial charge in [0.25, 0.3) is 0 Å². The first-order chi connectivity index (χ1) is 8.38. The third-order valence-electron chi connectivity index (χ3n) is 2.84. The first kappa shape index (κ1) is 14.4. The smallest absolute Gasteiger partial charge is 0.311 e. The van der Waals surface area contributed by atoms with Crippen molar-refractivity contribution in [2.45, 2.75) is 26.0 Å². The molecule has 1 aromatic carbocycles. The number of methoxy groups -OCH3 is 1. The number of rotatable bonds is 5. The van der Waals surface area contributed by atoms with Crippen molar-refractivity contribution in [3.8, 4) is 5.75 Å². The number of hydrogen-bond donors (Lipinski definition) is 2. The fourth-order valence-corrected chi connectivity index (χ4v) is 1.67. The van der Waals surface area contributed by atoms with Gasteiger partial charge in [0.15, 0.2) is 5.75 Å². The SMILES string of the molecule is COc1ccc([C@H](N)[C@H](O)C(C)C)cc1[N+](=O)[O-]. The summed E-state index contributed by atoms with van der Waals surface area (Å²) >= 11 is 0. The molecule has 0 aliphatic carbocycles. The van der Waals surface area contributed by atoms with Crippen LogP contribution < -0.4 is 10.5 Å². The van der Waals surface area contributed by atoms with E-state index in [4.69, 9.17) is 10.5 Å². The molecule has 1 rings (SSSR count). The Kier molecular flexibility index (Phi) is 4.63. The minimum atomic E-state index is -0.752. The first-order valence-electron chi connectivity index (χ1n) is 5.64. The van der Waals surface area contributed by atoms with E-state index in [0.29, 0.717) is 5.56 Å². The largest absolute Gasteiger partial charge is 0.490 e. The van der Waals surface area contributed by atoms with Crippen LogP contribution in [-0.4, -0.2) is 23.2 Å². The zero-order chi connectivity index (χ0) is 13.9. The van der Waals surface area contributed by atoms with Crippen molar-refractivity contribution in [3.05, 3.63) is 33.9 Å². The highest BCUT2D eigenvalue weighted by Crippen LogP contribution is 2.30. The van der Waals surface area contributed by atoms with E-state index in [-0.39, 0.29) is 17.4 Å². The van der Waals surface area contributed by atoms with E-state index in [0.717, 1.165) is 0 Å². The van der Waals surface area contributed by atoms with Gasteiger partial charge in [0, 0.05) is 6.07 Å². The van der Waals surface area contributed by atoms with Crippen molar-refractivity contribution >= 4 is 5.69 Å². The van der Waals surface area contributed by atoms with E-state index >= 15 is 0 Å². The number of nitrogens with two attached hydrogens (primary N) is 1. The molecule has 1 aromatic rings. The van der Waals surface area contributed by atoms with Crippen molar-refractivity contribution in [2.24, 2.45) is 11.7 Å². The maximum atomic E-state index is 10.9. The molecule has 2 atom stereocenters. The Morgan fingerprint density at radius 3 is 2.50 bits per heavy atom. The Balaban J connectivity index is 3.12. The van der Waals surface area contributed by atoms with Crippen molar-refractivity contribution in [3.63, 3.8) is 0 Å². The van der Waals surface area contributed by atoms with Crippen molar-refractivity contribution in [2.75, 3.05) is 7.11 Å². The van der Waals surface area contributed by atoms with Gasteiger partial charge in [-0.25, -0.2) is 0 Å². The summed E-state index contributed by atoms with van der Waals surface area (Å²) in [6, 6.07) is 3.80. The second-order valence-corrected chi connectivity index (χ2v) is 4.45. The molecule has 0 saturated heterocycles. The zero-order valence-corrected chi connectivity index (χ0v) is 10.7. The summed E-state index contributed by atoms with van der Waals surface area (Å²) in [5.41, 5.74) is 6.25. The lowest BCUT2D eigenvalue weighted by Crippen LogP contribution is -2.30. The Morgan fingerprint density at radius 1 is 1.44 bits per heavy atom. The molecule has 6 heteroatoms. The lowest BCUT2D eigenvalue weighted by Gasteiger charge is -2.22. The summed E-state index contributed by atoms with van der Waals surface area (Å²) in [7, 11) is 1.37. The van der Waals surface area contributed by atoms with Crippen LogP contribution in [0, 0.1) is 16.0 Å². The van der Waals surface area contributed by atoms with Crippen molar-refractivity contribution < 1.29 is 14.8 Å². The van der Waals surface area contributed by atoms with Gasteiger partial charge >= 0.3 is 5.69 Å². The zero-order valence-electron chi connectivity index (χ0n) is 10.7. The maximum absolute atomic E-state index is 10.9. The number of ether oxygens (including phenoxy) is 1. The quantitative estimate of drug-likeness (QED) is 0.614. The third-order valence-corrected chi connectivity index (χ3v) is 2.84. The molecular weight excluding hydrogens is 236 g/mol. The van der Waals surface area contributed by atoms with Crippen LogP contribution in [0.25, 0.3) is 0 Å². The highest BCUT2D eigenvalue weighted by molar-refractivity contribution is 5.49.